The average Bonchev–Trinajstić information content (AvgIpc) is 2.52. The number of aryl methyl sites for hydroxylation is 1. The maximum Gasteiger partial charge on any atom is 0.311 e. The summed E-state index contributed by atoms with van der Waals surface area (Å²) in [6.07, 6.45) is -0.918. The summed E-state index contributed by atoms with van der Waals surface area (Å²) in [6.45, 7) is 3.41. The SMILES string of the molecule is Cc1ccc(CC(=O)O[C@@H](C)C(=O)Nc2ccc(F)cc2Cl)cc1. The van der Waals surface area contributed by atoms with Crippen LogP contribution >= 0.6 is 11.6 Å². The van der Waals surface area contributed by atoms with Crippen molar-refractivity contribution >= 4 is 29.2 Å². The predicted octanol–water partition coefficient (Wildman–Crippen LogP) is 3.90. The molecule has 0 radical (unpaired) electrons. The molecular formula is C18H17ClFNO3. The van der Waals surface area contributed by atoms with Crippen LogP contribution in [0.15, 0.2) is 42.5 Å². The van der Waals surface area contributed by atoms with Crippen LogP contribution in [0.5, 0.6) is 0 Å². The highest BCUT2D eigenvalue weighted by Gasteiger charge is 2.19. The predicted molar refractivity (Wildman–Crippen MR) is 90.5 cm³/mol. The minimum atomic E-state index is -0.996. The Morgan fingerprint density at radius 2 is 1.88 bits per heavy atom. The first kappa shape index (κ1) is 17.9. The summed E-state index contributed by atoms with van der Waals surface area (Å²) < 4.78 is 18.1. The Kier molecular flexibility index (Phi) is 5.93. The van der Waals surface area contributed by atoms with Crippen molar-refractivity contribution in [2.45, 2.75) is 26.4 Å². The number of anilines is 1. The first-order valence-corrected chi connectivity index (χ1v) is 7.74. The molecule has 1 amide bonds. The zero-order valence-corrected chi connectivity index (χ0v) is 14.1. The van der Waals surface area contributed by atoms with E-state index >= 15 is 0 Å². The number of esters is 1. The zero-order valence-electron chi connectivity index (χ0n) is 13.3. The van der Waals surface area contributed by atoms with Gasteiger partial charge in [0.05, 0.1) is 17.1 Å². The molecule has 2 aromatic rings. The van der Waals surface area contributed by atoms with Gasteiger partial charge in [0.2, 0.25) is 0 Å². The third-order valence-electron chi connectivity index (χ3n) is 3.34. The minimum Gasteiger partial charge on any atom is -0.452 e. The summed E-state index contributed by atoms with van der Waals surface area (Å²) in [6, 6.07) is 11.1. The molecule has 0 aliphatic heterocycles. The molecule has 126 valence electrons. The van der Waals surface area contributed by atoms with Gasteiger partial charge in [-0.1, -0.05) is 41.4 Å². The van der Waals surface area contributed by atoms with Crippen LogP contribution in [0.2, 0.25) is 5.02 Å². The molecule has 6 heteroatoms. The number of nitrogens with one attached hydrogen (secondary N) is 1. The van der Waals surface area contributed by atoms with Gasteiger partial charge in [-0.2, -0.15) is 0 Å². The molecule has 0 aromatic heterocycles. The Morgan fingerprint density at radius 1 is 1.21 bits per heavy atom. The van der Waals surface area contributed by atoms with Crippen LogP contribution in [-0.2, 0) is 20.7 Å². The molecule has 0 fully saturated rings. The number of halogens is 2. The van der Waals surface area contributed by atoms with E-state index in [2.05, 4.69) is 5.32 Å². The molecule has 24 heavy (non-hydrogen) atoms. The second-order valence-electron chi connectivity index (χ2n) is 5.41. The van der Waals surface area contributed by atoms with Crippen molar-refractivity contribution in [1.82, 2.24) is 0 Å². The third-order valence-corrected chi connectivity index (χ3v) is 3.65. The maximum atomic E-state index is 13.0. The number of hydrogen-bond donors (Lipinski definition) is 1. The van der Waals surface area contributed by atoms with Crippen molar-refractivity contribution in [2.24, 2.45) is 0 Å². The van der Waals surface area contributed by atoms with Crippen molar-refractivity contribution in [3.63, 3.8) is 0 Å². The molecule has 1 atom stereocenters. The number of rotatable bonds is 5. The van der Waals surface area contributed by atoms with Crippen molar-refractivity contribution in [3.05, 3.63) is 64.4 Å². The molecule has 0 aliphatic carbocycles. The van der Waals surface area contributed by atoms with E-state index in [4.69, 9.17) is 16.3 Å². The number of amides is 1. The molecule has 0 heterocycles. The van der Waals surface area contributed by atoms with Crippen molar-refractivity contribution < 1.29 is 18.7 Å². The Balaban J connectivity index is 1.90. The van der Waals surface area contributed by atoms with Crippen molar-refractivity contribution in [1.29, 1.82) is 0 Å². The Hall–Kier alpha value is -2.40. The molecule has 0 saturated heterocycles. The number of carbonyl (C=O) groups is 2. The maximum absolute atomic E-state index is 13.0. The van der Waals surface area contributed by atoms with Gasteiger partial charge < -0.3 is 10.1 Å². The van der Waals surface area contributed by atoms with Crippen LogP contribution in [0, 0.1) is 12.7 Å². The zero-order chi connectivity index (χ0) is 17.7. The summed E-state index contributed by atoms with van der Waals surface area (Å²) in [5.74, 6) is -1.55. The van der Waals surface area contributed by atoms with Crippen LogP contribution < -0.4 is 5.32 Å². The summed E-state index contributed by atoms with van der Waals surface area (Å²) in [5, 5.41) is 2.57. The lowest BCUT2D eigenvalue weighted by Crippen LogP contribution is -2.30. The number of carbonyl (C=O) groups excluding carboxylic acids is 2. The standard InChI is InChI=1S/C18H17ClFNO3/c1-11-3-5-13(6-4-11)9-17(22)24-12(2)18(23)21-16-8-7-14(20)10-15(16)19/h3-8,10,12H,9H2,1-2H3,(H,21,23)/t12-/m0/s1. The molecule has 0 bridgehead atoms. The number of ether oxygens (including phenoxy) is 1. The van der Waals surface area contributed by atoms with Gasteiger partial charge in [-0.25, -0.2) is 4.39 Å². The van der Waals surface area contributed by atoms with E-state index in [1.807, 2.05) is 31.2 Å². The summed E-state index contributed by atoms with van der Waals surface area (Å²) in [4.78, 5) is 23.9. The number of hydrogen-bond acceptors (Lipinski definition) is 3. The molecule has 2 aromatic carbocycles. The second-order valence-corrected chi connectivity index (χ2v) is 5.82. The van der Waals surface area contributed by atoms with E-state index in [1.165, 1.54) is 19.1 Å². The van der Waals surface area contributed by atoms with Crippen molar-refractivity contribution in [3.8, 4) is 0 Å². The van der Waals surface area contributed by atoms with Crippen LogP contribution in [0.3, 0.4) is 0 Å². The van der Waals surface area contributed by atoms with Gasteiger partial charge >= 0.3 is 5.97 Å². The molecular weight excluding hydrogens is 333 g/mol. The summed E-state index contributed by atoms with van der Waals surface area (Å²) in [5.41, 5.74) is 2.15. The smallest absolute Gasteiger partial charge is 0.311 e. The first-order valence-electron chi connectivity index (χ1n) is 7.36. The largest absolute Gasteiger partial charge is 0.452 e. The van der Waals surface area contributed by atoms with Crippen LogP contribution in [0.25, 0.3) is 0 Å². The Bertz CT molecular complexity index is 746. The fourth-order valence-corrected chi connectivity index (χ4v) is 2.20. The highest BCUT2D eigenvalue weighted by Crippen LogP contribution is 2.22. The van der Waals surface area contributed by atoms with E-state index in [0.29, 0.717) is 0 Å². The van der Waals surface area contributed by atoms with Gasteiger partial charge in [0.25, 0.3) is 5.91 Å². The monoisotopic (exact) mass is 349 g/mol. The first-order chi connectivity index (χ1) is 11.3. The second kappa shape index (κ2) is 7.93. The van der Waals surface area contributed by atoms with E-state index in [9.17, 15) is 14.0 Å². The molecule has 0 aliphatic rings. The third kappa shape index (κ3) is 5.06. The molecule has 4 nitrogen and oxygen atoms in total. The highest BCUT2D eigenvalue weighted by molar-refractivity contribution is 6.33. The fourth-order valence-electron chi connectivity index (χ4n) is 1.99. The minimum absolute atomic E-state index is 0.0709. The molecule has 0 unspecified atom stereocenters. The average molecular weight is 350 g/mol. The van der Waals surface area contributed by atoms with Crippen molar-refractivity contribution in [2.75, 3.05) is 5.32 Å². The van der Waals surface area contributed by atoms with Gasteiger partial charge in [-0.3, -0.25) is 9.59 Å². The van der Waals surface area contributed by atoms with E-state index < -0.39 is 23.8 Å². The normalized spacial score (nSPS) is 11.7. The van der Waals surface area contributed by atoms with Crippen LogP contribution in [0.4, 0.5) is 10.1 Å². The Labute approximate surface area is 144 Å². The van der Waals surface area contributed by atoms with Gasteiger partial charge in [0, 0.05) is 0 Å². The van der Waals surface area contributed by atoms with Crippen LogP contribution in [-0.4, -0.2) is 18.0 Å². The topological polar surface area (TPSA) is 55.4 Å². The Morgan fingerprint density at radius 3 is 2.50 bits per heavy atom. The lowest BCUT2D eigenvalue weighted by atomic mass is 10.1. The fraction of sp³-hybridized carbons (Fsp3) is 0.222. The molecule has 0 saturated carbocycles. The lowest BCUT2D eigenvalue weighted by Gasteiger charge is -2.14. The van der Waals surface area contributed by atoms with Crippen LogP contribution in [0.1, 0.15) is 18.1 Å². The van der Waals surface area contributed by atoms with E-state index in [-0.39, 0.29) is 17.1 Å². The summed E-state index contributed by atoms with van der Waals surface area (Å²) in [7, 11) is 0. The van der Waals surface area contributed by atoms with Gasteiger partial charge in [0.15, 0.2) is 6.10 Å². The molecule has 2 rings (SSSR count). The van der Waals surface area contributed by atoms with E-state index in [1.54, 1.807) is 0 Å². The summed E-state index contributed by atoms with van der Waals surface area (Å²) >= 11 is 5.84. The van der Waals surface area contributed by atoms with Gasteiger partial charge in [-0.05, 0) is 37.6 Å². The number of benzene rings is 2. The highest BCUT2D eigenvalue weighted by atomic mass is 35.5. The van der Waals surface area contributed by atoms with Gasteiger partial charge in [-0.15, -0.1) is 0 Å². The lowest BCUT2D eigenvalue weighted by molar-refractivity contribution is -0.152. The molecule has 0 spiro atoms. The molecule has 1 N–H and O–H groups in total. The quantitative estimate of drug-likeness (QED) is 0.833. The van der Waals surface area contributed by atoms with E-state index in [0.717, 1.165) is 17.2 Å². The van der Waals surface area contributed by atoms with Gasteiger partial charge in [0.1, 0.15) is 5.82 Å².